The monoisotopic (exact) mass is 266 g/mol. The highest BCUT2D eigenvalue weighted by Gasteiger charge is 2.32. The Hall–Kier alpha value is -1.80. The Morgan fingerprint density at radius 2 is 1.70 bits per heavy atom. The fourth-order valence-corrected chi connectivity index (χ4v) is 2.75. The van der Waals surface area contributed by atoms with Crippen LogP contribution in [-0.4, -0.2) is 10.9 Å². The summed E-state index contributed by atoms with van der Waals surface area (Å²) in [6.45, 7) is 3.31. The molecule has 1 unspecified atom stereocenters. The molecule has 3 rings (SSSR count). The number of anilines is 1. The molecule has 2 aromatic rings. The molecule has 0 spiro atoms. The van der Waals surface area contributed by atoms with E-state index in [1.54, 1.807) is 0 Å². The van der Waals surface area contributed by atoms with Gasteiger partial charge in [0, 0.05) is 24.3 Å². The summed E-state index contributed by atoms with van der Waals surface area (Å²) in [4.78, 5) is 2.61. The Bertz CT molecular complexity index is 543. The van der Waals surface area contributed by atoms with E-state index in [-0.39, 0.29) is 0 Å². The number of hydrogen-bond donors (Lipinski definition) is 1. The largest absolute Gasteiger partial charge is 0.399 e. The van der Waals surface area contributed by atoms with Gasteiger partial charge in [0.2, 0.25) is 0 Å². The average Bonchev–Trinajstić information content (AvgIpc) is 3.31. The van der Waals surface area contributed by atoms with Crippen LogP contribution in [0.1, 0.15) is 36.9 Å². The fraction of sp³-hybridized carbons (Fsp3) is 0.333. The van der Waals surface area contributed by atoms with Gasteiger partial charge in [-0.15, -0.1) is 0 Å². The lowest BCUT2D eigenvalue weighted by Crippen LogP contribution is -2.28. The van der Waals surface area contributed by atoms with Crippen molar-refractivity contribution in [2.45, 2.75) is 38.4 Å². The van der Waals surface area contributed by atoms with Gasteiger partial charge < -0.3 is 5.73 Å². The molecule has 0 aliphatic heterocycles. The third-order valence-electron chi connectivity index (χ3n) is 4.14. The van der Waals surface area contributed by atoms with Crippen LogP contribution in [0.5, 0.6) is 0 Å². The van der Waals surface area contributed by atoms with Gasteiger partial charge in [-0.2, -0.15) is 0 Å². The van der Waals surface area contributed by atoms with Gasteiger partial charge in [-0.05, 0) is 43.0 Å². The predicted molar refractivity (Wildman–Crippen MR) is 84.3 cm³/mol. The second-order valence-electron chi connectivity index (χ2n) is 5.73. The zero-order valence-corrected chi connectivity index (χ0v) is 12.0. The van der Waals surface area contributed by atoms with Crippen LogP contribution in [0.4, 0.5) is 5.69 Å². The average molecular weight is 266 g/mol. The van der Waals surface area contributed by atoms with Crippen molar-refractivity contribution < 1.29 is 0 Å². The molecule has 2 N–H and O–H groups in total. The molecule has 0 saturated heterocycles. The maximum absolute atomic E-state index is 5.77. The molecule has 1 atom stereocenters. The van der Waals surface area contributed by atoms with E-state index in [4.69, 9.17) is 5.73 Å². The summed E-state index contributed by atoms with van der Waals surface area (Å²) in [5.74, 6) is 0. The van der Waals surface area contributed by atoms with E-state index in [1.165, 1.54) is 24.0 Å². The summed E-state index contributed by atoms with van der Waals surface area (Å²) in [5.41, 5.74) is 9.34. The minimum absolute atomic E-state index is 0.459. The molecule has 0 bridgehead atoms. The third-order valence-corrected chi connectivity index (χ3v) is 4.14. The molecular formula is C18H22N2. The topological polar surface area (TPSA) is 29.3 Å². The van der Waals surface area contributed by atoms with Crippen molar-refractivity contribution in [1.29, 1.82) is 0 Å². The maximum atomic E-state index is 5.77. The molecule has 1 saturated carbocycles. The molecule has 20 heavy (non-hydrogen) atoms. The first-order chi connectivity index (χ1) is 9.74. The lowest BCUT2D eigenvalue weighted by atomic mass is 10.1. The van der Waals surface area contributed by atoms with Crippen LogP contribution in [0.3, 0.4) is 0 Å². The standard InChI is InChI=1S/C18H22N2/c1-14(16-5-3-2-4-6-16)20(18-11-12-18)13-15-7-9-17(19)10-8-15/h2-10,14,18H,11-13,19H2,1H3. The molecular weight excluding hydrogens is 244 g/mol. The van der Waals surface area contributed by atoms with Crippen LogP contribution < -0.4 is 5.73 Å². The Labute approximate surface area is 121 Å². The molecule has 2 aromatic carbocycles. The van der Waals surface area contributed by atoms with Crippen LogP contribution in [0.15, 0.2) is 54.6 Å². The van der Waals surface area contributed by atoms with Gasteiger partial charge in [0.15, 0.2) is 0 Å². The third kappa shape index (κ3) is 3.02. The zero-order valence-electron chi connectivity index (χ0n) is 12.0. The Morgan fingerprint density at radius 1 is 1.05 bits per heavy atom. The Kier molecular flexibility index (Phi) is 3.75. The summed E-state index contributed by atoms with van der Waals surface area (Å²) >= 11 is 0. The van der Waals surface area contributed by atoms with Crippen molar-refractivity contribution in [3.8, 4) is 0 Å². The molecule has 2 nitrogen and oxygen atoms in total. The molecule has 2 heteroatoms. The second kappa shape index (κ2) is 5.68. The molecule has 1 aliphatic rings. The number of benzene rings is 2. The van der Waals surface area contributed by atoms with Gasteiger partial charge in [-0.1, -0.05) is 42.5 Å². The summed E-state index contributed by atoms with van der Waals surface area (Å²) in [7, 11) is 0. The minimum atomic E-state index is 0.459. The molecule has 0 heterocycles. The fourth-order valence-electron chi connectivity index (χ4n) is 2.75. The van der Waals surface area contributed by atoms with Crippen molar-refractivity contribution in [1.82, 2.24) is 4.90 Å². The van der Waals surface area contributed by atoms with Crippen LogP contribution in [0.2, 0.25) is 0 Å². The maximum Gasteiger partial charge on any atom is 0.0326 e. The molecule has 1 aliphatic carbocycles. The lowest BCUT2D eigenvalue weighted by molar-refractivity contribution is 0.190. The molecule has 1 fully saturated rings. The van der Waals surface area contributed by atoms with E-state index in [0.717, 1.165) is 18.3 Å². The minimum Gasteiger partial charge on any atom is -0.399 e. The summed E-state index contributed by atoms with van der Waals surface area (Å²) < 4.78 is 0. The van der Waals surface area contributed by atoms with E-state index in [2.05, 4.69) is 54.3 Å². The van der Waals surface area contributed by atoms with Gasteiger partial charge in [0.05, 0.1) is 0 Å². The number of nitrogens with zero attached hydrogens (tertiary/aromatic N) is 1. The lowest BCUT2D eigenvalue weighted by Gasteiger charge is -2.29. The van der Waals surface area contributed by atoms with E-state index >= 15 is 0 Å². The van der Waals surface area contributed by atoms with Crippen molar-refractivity contribution in [3.63, 3.8) is 0 Å². The summed E-state index contributed by atoms with van der Waals surface area (Å²) in [5, 5.41) is 0. The Morgan fingerprint density at radius 3 is 2.30 bits per heavy atom. The molecule has 0 amide bonds. The number of rotatable bonds is 5. The van der Waals surface area contributed by atoms with Crippen molar-refractivity contribution >= 4 is 5.69 Å². The number of hydrogen-bond acceptors (Lipinski definition) is 2. The highest BCUT2D eigenvalue weighted by atomic mass is 15.2. The molecule has 104 valence electrons. The first-order valence-corrected chi connectivity index (χ1v) is 7.39. The van der Waals surface area contributed by atoms with Gasteiger partial charge in [0.25, 0.3) is 0 Å². The number of nitrogen functional groups attached to an aromatic ring is 1. The van der Waals surface area contributed by atoms with Crippen LogP contribution in [0, 0.1) is 0 Å². The van der Waals surface area contributed by atoms with Gasteiger partial charge in [-0.25, -0.2) is 0 Å². The quantitative estimate of drug-likeness (QED) is 0.829. The van der Waals surface area contributed by atoms with E-state index in [0.29, 0.717) is 6.04 Å². The van der Waals surface area contributed by atoms with Crippen LogP contribution in [-0.2, 0) is 6.54 Å². The first-order valence-electron chi connectivity index (χ1n) is 7.39. The van der Waals surface area contributed by atoms with E-state index in [9.17, 15) is 0 Å². The number of nitrogens with two attached hydrogens (primary N) is 1. The first kappa shape index (κ1) is 13.2. The van der Waals surface area contributed by atoms with Crippen LogP contribution >= 0.6 is 0 Å². The normalized spacial score (nSPS) is 16.3. The van der Waals surface area contributed by atoms with Crippen molar-refractivity contribution in [2.75, 3.05) is 5.73 Å². The molecule has 0 radical (unpaired) electrons. The van der Waals surface area contributed by atoms with Gasteiger partial charge in [0.1, 0.15) is 0 Å². The van der Waals surface area contributed by atoms with Crippen molar-refractivity contribution in [3.05, 3.63) is 65.7 Å². The smallest absolute Gasteiger partial charge is 0.0326 e. The molecule has 0 aromatic heterocycles. The summed E-state index contributed by atoms with van der Waals surface area (Å²) in [6.07, 6.45) is 2.65. The highest BCUT2D eigenvalue weighted by molar-refractivity contribution is 5.39. The van der Waals surface area contributed by atoms with E-state index in [1.807, 2.05) is 12.1 Å². The van der Waals surface area contributed by atoms with Gasteiger partial charge >= 0.3 is 0 Å². The highest BCUT2D eigenvalue weighted by Crippen LogP contribution is 2.35. The Balaban J connectivity index is 1.77. The zero-order chi connectivity index (χ0) is 13.9. The summed E-state index contributed by atoms with van der Waals surface area (Å²) in [6, 6.07) is 20.2. The van der Waals surface area contributed by atoms with Gasteiger partial charge in [-0.3, -0.25) is 4.90 Å². The SMILES string of the molecule is CC(c1ccccc1)N(Cc1ccc(N)cc1)C1CC1. The van der Waals surface area contributed by atoms with Crippen molar-refractivity contribution in [2.24, 2.45) is 0 Å². The van der Waals surface area contributed by atoms with Crippen LogP contribution in [0.25, 0.3) is 0 Å². The predicted octanol–water partition coefficient (Wildman–Crippen LogP) is 3.99. The van der Waals surface area contributed by atoms with E-state index < -0.39 is 0 Å². The second-order valence-corrected chi connectivity index (χ2v) is 5.73.